The van der Waals surface area contributed by atoms with E-state index in [2.05, 4.69) is 29.0 Å². The molecule has 1 saturated heterocycles. The molecular formula is C23H30N6O3. The minimum Gasteiger partial charge on any atom is -0.488 e. The van der Waals surface area contributed by atoms with E-state index in [-0.39, 0.29) is 11.8 Å². The molecule has 9 heteroatoms. The predicted molar refractivity (Wildman–Crippen MR) is 122 cm³/mol. The van der Waals surface area contributed by atoms with Crippen molar-refractivity contribution in [3.8, 4) is 5.75 Å². The van der Waals surface area contributed by atoms with Gasteiger partial charge >= 0.3 is 0 Å². The van der Waals surface area contributed by atoms with E-state index in [0.29, 0.717) is 41.8 Å². The number of carbonyl (C=O) groups excluding carboxylic acids is 2. The Hall–Kier alpha value is -3.20. The van der Waals surface area contributed by atoms with Gasteiger partial charge in [-0.3, -0.25) is 19.1 Å². The molecule has 1 amide bonds. The van der Waals surface area contributed by atoms with Crippen LogP contribution in [0.15, 0.2) is 35.6 Å². The number of pyridine rings is 2. The monoisotopic (exact) mass is 438 g/mol. The highest BCUT2D eigenvalue weighted by molar-refractivity contribution is 5.95. The Balaban J connectivity index is 1.61. The molecule has 0 bridgehead atoms. The quantitative estimate of drug-likeness (QED) is 0.726. The normalized spacial score (nSPS) is 19.0. The summed E-state index contributed by atoms with van der Waals surface area (Å²) >= 11 is 0. The summed E-state index contributed by atoms with van der Waals surface area (Å²) in [5.74, 6) is 1.12. The number of anilines is 2. The van der Waals surface area contributed by atoms with Crippen molar-refractivity contribution in [2.45, 2.75) is 25.8 Å². The Labute approximate surface area is 187 Å². The Kier molecular flexibility index (Phi) is 6.27. The van der Waals surface area contributed by atoms with Gasteiger partial charge in [-0.15, -0.1) is 0 Å². The van der Waals surface area contributed by atoms with Crippen LogP contribution in [0.3, 0.4) is 0 Å². The third-order valence-corrected chi connectivity index (χ3v) is 6.12. The number of fused-ring (bicyclic) bond motifs is 1. The van der Waals surface area contributed by atoms with Gasteiger partial charge in [0.25, 0.3) is 5.91 Å². The van der Waals surface area contributed by atoms with Crippen molar-refractivity contribution >= 4 is 23.3 Å². The van der Waals surface area contributed by atoms with E-state index >= 15 is 0 Å². The minimum absolute atomic E-state index is 0.0122. The molecule has 0 aliphatic carbocycles. The van der Waals surface area contributed by atoms with Crippen LogP contribution in [0.4, 0.5) is 11.5 Å². The number of aromatic nitrogens is 2. The second-order valence-corrected chi connectivity index (χ2v) is 8.41. The van der Waals surface area contributed by atoms with Crippen LogP contribution in [0.1, 0.15) is 34.9 Å². The molecule has 2 aliphatic rings. The van der Waals surface area contributed by atoms with Crippen LogP contribution in [-0.2, 0) is 0 Å². The molecule has 4 heterocycles. The van der Waals surface area contributed by atoms with E-state index in [1.807, 2.05) is 21.9 Å². The smallest absolute Gasteiger partial charge is 0.255 e. The van der Waals surface area contributed by atoms with Crippen molar-refractivity contribution in [1.82, 2.24) is 19.4 Å². The van der Waals surface area contributed by atoms with Crippen molar-refractivity contribution in [2.24, 2.45) is 4.99 Å². The maximum atomic E-state index is 13.1. The summed E-state index contributed by atoms with van der Waals surface area (Å²) in [6, 6.07) is 5.88. The number of carbonyl (C=O) groups is 2. The van der Waals surface area contributed by atoms with Gasteiger partial charge in [-0.05, 0) is 39.1 Å². The van der Waals surface area contributed by atoms with Crippen molar-refractivity contribution in [3.63, 3.8) is 0 Å². The van der Waals surface area contributed by atoms with Crippen molar-refractivity contribution in [1.29, 1.82) is 0 Å². The van der Waals surface area contributed by atoms with Crippen LogP contribution in [0.25, 0.3) is 0 Å². The third-order valence-electron chi connectivity index (χ3n) is 6.12. The molecule has 1 atom stereocenters. The fourth-order valence-corrected chi connectivity index (χ4v) is 4.29. The molecule has 2 aliphatic heterocycles. The Bertz CT molecular complexity index is 1090. The summed E-state index contributed by atoms with van der Waals surface area (Å²) in [6.45, 7) is 4.06. The first-order valence-electron chi connectivity index (χ1n) is 10.9. The van der Waals surface area contributed by atoms with E-state index in [1.54, 1.807) is 25.5 Å². The molecule has 1 unspecified atom stereocenters. The number of amides is 1. The van der Waals surface area contributed by atoms with Gasteiger partial charge in [-0.25, -0.2) is 4.98 Å². The van der Waals surface area contributed by atoms with Crippen LogP contribution >= 0.6 is 0 Å². The number of piperidine rings is 1. The average molecular weight is 439 g/mol. The standard InChI is InChI=1S/C23H30N6O3/c1-16(30)28-9-7-18(13-21(28)24-2)29-10-11-32-20-12-17(14-25-22(20)29)23(31)27-8-5-6-19(15-27)26(3)4/h7,9,12-14,19H,5-6,8,10-11,15H2,1-4H3/b24-21-. The fourth-order valence-electron chi connectivity index (χ4n) is 4.29. The van der Waals surface area contributed by atoms with Gasteiger partial charge in [0.05, 0.1) is 12.1 Å². The molecule has 0 radical (unpaired) electrons. The number of hydrogen-bond acceptors (Lipinski definition) is 7. The molecule has 32 heavy (non-hydrogen) atoms. The molecule has 9 nitrogen and oxygen atoms in total. The predicted octanol–water partition coefficient (Wildman–Crippen LogP) is 1.77. The SMILES string of the molecule is C/N=c1/cc(N2CCOc3cc(C(=O)N4CCCC(N(C)C)C4)cnc32)ccn1C(C)=O. The Morgan fingerprint density at radius 1 is 1.25 bits per heavy atom. The lowest BCUT2D eigenvalue weighted by Crippen LogP contribution is -2.47. The molecule has 1 fully saturated rings. The maximum absolute atomic E-state index is 13.1. The number of likely N-dealkylation sites (tertiary alicyclic amines) is 1. The van der Waals surface area contributed by atoms with Gasteiger partial charge in [-0.2, -0.15) is 0 Å². The Morgan fingerprint density at radius 2 is 2.06 bits per heavy atom. The van der Waals surface area contributed by atoms with Crippen LogP contribution in [-0.4, -0.2) is 84.6 Å². The number of rotatable bonds is 3. The topological polar surface area (TPSA) is 83.3 Å². The van der Waals surface area contributed by atoms with Gasteiger partial charge in [0.1, 0.15) is 12.1 Å². The van der Waals surface area contributed by atoms with E-state index in [4.69, 9.17) is 4.74 Å². The van der Waals surface area contributed by atoms with Gasteiger partial charge < -0.3 is 19.4 Å². The number of ether oxygens (including phenoxy) is 1. The molecule has 0 N–H and O–H groups in total. The van der Waals surface area contributed by atoms with Gasteiger partial charge in [-0.1, -0.05) is 0 Å². The molecule has 2 aromatic heterocycles. The van der Waals surface area contributed by atoms with Gasteiger partial charge in [0.2, 0.25) is 5.91 Å². The van der Waals surface area contributed by atoms with Crippen LogP contribution in [0.5, 0.6) is 5.75 Å². The molecule has 170 valence electrons. The lowest BCUT2D eigenvalue weighted by atomic mass is 10.0. The largest absolute Gasteiger partial charge is 0.488 e. The molecule has 0 saturated carbocycles. The highest BCUT2D eigenvalue weighted by Crippen LogP contribution is 2.35. The average Bonchev–Trinajstić information content (AvgIpc) is 2.82. The molecule has 4 rings (SSSR count). The van der Waals surface area contributed by atoms with Gasteiger partial charge in [0.15, 0.2) is 11.6 Å². The van der Waals surface area contributed by atoms with Crippen molar-refractivity contribution in [2.75, 3.05) is 52.3 Å². The summed E-state index contributed by atoms with van der Waals surface area (Å²) in [6.07, 6.45) is 5.44. The number of likely N-dealkylation sites (N-methyl/N-ethyl adjacent to an activating group) is 1. The highest BCUT2D eigenvalue weighted by atomic mass is 16.5. The van der Waals surface area contributed by atoms with Gasteiger partial charge in [0, 0.05) is 57.3 Å². The summed E-state index contributed by atoms with van der Waals surface area (Å²) in [7, 11) is 5.77. The lowest BCUT2D eigenvalue weighted by molar-refractivity contribution is 0.0634. The summed E-state index contributed by atoms with van der Waals surface area (Å²) in [5, 5.41) is 0. The van der Waals surface area contributed by atoms with E-state index in [9.17, 15) is 9.59 Å². The zero-order chi connectivity index (χ0) is 22.8. The maximum Gasteiger partial charge on any atom is 0.255 e. The van der Waals surface area contributed by atoms with Crippen LogP contribution in [0, 0.1) is 0 Å². The summed E-state index contributed by atoms with van der Waals surface area (Å²) in [4.78, 5) is 39.9. The minimum atomic E-state index is -0.102. The Morgan fingerprint density at radius 3 is 2.78 bits per heavy atom. The van der Waals surface area contributed by atoms with Crippen LogP contribution in [0.2, 0.25) is 0 Å². The summed E-state index contributed by atoms with van der Waals surface area (Å²) in [5.41, 5.74) is 1.97. The van der Waals surface area contributed by atoms with Crippen molar-refractivity contribution in [3.05, 3.63) is 41.6 Å². The van der Waals surface area contributed by atoms with E-state index in [1.165, 1.54) is 11.5 Å². The van der Waals surface area contributed by atoms with Crippen molar-refractivity contribution < 1.29 is 14.3 Å². The molecule has 0 spiro atoms. The second-order valence-electron chi connectivity index (χ2n) is 8.41. The first kappa shape index (κ1) is 22.0. The highest BCUT2D eigenvalue weighted by Gasteiger charge is 2.28. The zero-order valence-electron chi connectivity index (χ0n) is 19.1. The fraction of sp³-hybridized carbons (Fsp3) is 0.478. The van der Waals surface area contributed by atoms with E-state index < -0.39 is 0 Å². The third kappa shape index (κ3) is 4.25. The first-order chi connectivity index (χ1) is 15.4. The second kappa shape index (κ2) is 9.12. The molecule has 2 aromatic rings. The lowest BCUT2D eigenvalue weighted by Gasteiger charge is -2.36. The number of nitrogens with zero attached hydrogens (tertiary/aromatic N) is 6. The number of hydrogen-bond donors (Lipinski definition) is 0. The summed E-state index contributed by atoms with van der Waals surface area (Å²) < 4.78 is 7.36. The van der Waals surface area contributed by atoms with E-state index in [0.717, 1.165) is 31.6 Å². The van der Waals surface area contributed by atoms with Crippen LogP contribution < -0.4 is 15.1 Å². The zero-order valence-corrected chi connectivity index (χ0v) is 19.1. The molecule has 0 aromatic carbocycles. The molecular weight excluding hydrogens is 408 g/mol. The first-order valence-corrected chi connectivity index (χ1v) is 10.9.